The molecule has 3 aromatic rings. The van der Waals surface area contributed by atoms with Crippen LogP contribution >= 0.6 is 11.6 Å². The first-order valence-electron chi connectivity index (χ1n) is 8.79. The highest BCUT2D eigenvalue weighted by molar-refractivity contribution is 7.92. The minimum atomic E-state index is -4.22. The first-order chi connectivity index (χ1) is 14.3. The second-order valence-corrected chi connectivity index (χ2v) is 8.35. The first-order valence-corrected chi connectivity index (χ1v) is 10.6. The number of ether oxygens (including phenoxy) is 1. The minimum Gasteiger partial charge on any atom is -0.496 e. The van der Waals surface area contributed by atoms with Gasteiger partial charge >= 0.3 is 0 Å². The van der Waals surface area contributed by atoms with Crippen LogP contribution in [-0.2, 0) is 21.2 Å². The third-order valence-corrected chi connectivity index (χ3v) is 5.80. The maximum Gasteiger partial charge on any atom is 0.264 e. The number of hydrogen-bond acceptors (Lipinski definition) is 4. The lowest BCUT2D eigenvalue weighted by Crippen LogP contribution is -2.19. The molecule has 0 aliphatic heterocycles. The van der Waals surface area contributed by atoms with Crippen LogP contribution in [0.3, 0.4) is 0 Å². The van der Waals surface area contributed by atoms with E-state index in [1.165, 1.54) is 37.4 Å². The summed E-state index contributed by atoms with van der Waals surface area (Å²) in [7, 11) is -2.72. The van der Waals surface area contributed by atoms with Gasteiger partial charge in [-0.05, 0) is 36.4 Å². The Morgan fingerprint density at radius 3 is 2.47 bits per heavy atom. The molecule has 0 aromatic heterocycles. The molecular formula is C21H18ClFN2O4S. The number of amides is 1. The second kappa shape index (κ2) is 9.15. The predicted molar refractivity (Wildman–Crippen MR) is 114 cm³/mol. The Labute approximate surface area is 178 Å². The van der Waals surface area contributed by atoms with Crippen molar-refractivity contribution in [2.75, 3.05) is 17.1 Å². The number of carbonyl (C=O) groups is 1. The average molecular weight is 449 g/mol. The highest BCUT2D eigenvalue weighted by Crippen LogP contribution is 2.29. The molecule has 156 valence electrons. The normalized spacial score (nSPS) is 11.0. The van der Waals surface area contributed by atoms with Gasteiger partial charge in [0.05, 0.1) is 24.9 Å². The molecule has 3 rings (SSSR count). The SMILES string of the molecule is COc1ccccc1CC(=O)Nc1cc(Cl)ccc1NS(=O)(=O)c1ccccc1F. The largest absolute Gasteiger partial charge is 0.496 e. The van der Waals surface area contributed by atoms with Gasteiger partial charge in [0.15, 0.2) is 0 Å². The van der Waals surface area contributed by atoms with Gasteiger partial charge in [-0.15, -0.1) is 0 Å². The summed E-state index contributed by atoms with van der Waals surface area (Å²) in [6.45, 7) is 0. The summed E-state index contributed by atoms with van der Waals surface area (Å²) in [5.74, 6) is -0.743. The van der Waals surface area contributed by atoms with Crippen molar-refractivity contribution >= 4 is 38.9 Å². The maximum absolute atomic E-state index is 14.0. The Bertz CT molecular complexity index is 1190. The van der Waals surface area contributed by atoms with E-state index < -0.39 is 26.6 Å². The maximum atomic E-state index is 14.0. The molecule has 3 aromatic carbocycles. The minimum absolute atomic E-state index is 0.00394. The average Bonchev–Trinajstić information content (AvgIpc) is 2.70. The fourth-order valence-corrected chi connectivity index (χ4v) is 4.12. The Morgan fingerprint density at radius 2 is 1.73 bits per heavy atom. The molecule has 0 saturated carbocycles. The summed E-state index contributed by atoms with van der Waals surface area (Å²) < 4.78 is 46.7. The van der Waals surface area contributed by atoms with Gasteiger partial charge in [-0.25, -0.2) is 12.8 Å². The van der Waals surface area contributed by atoms with Gasteiger partial charge in [0.25, 0.3) is 10.0 Å². The summed E-state index contributed by atoms with van der Waals surface area (Å²) in [6, 6.07) is 16.3. The molecule has 9 heteroatoms. The molecule has 0 atom stereocenters. The van der Waals surface area contributed by atoms with Gasteiger partial charge in [-0.3, -0.25) is 9.52 Å². The number of benzene rings is 3. The van der Waals surface area contributed by atoms with E-state index in [4.69, 9.17) is 16.3 Å². The van der Waals surface area contributed by atoms with Gasteiger partial charge in [0.1, 0.15) is 16.5 Å². The molecule has 0 unspecified atom stereocenters. The Hall–Kier alpha value is -3.10. The van der Waals surface area contributed by atoms with Crippen molar-refractivity contribution in [1.82, 2.24) is 0 Å². The second-order valence-electron chi connectivity index (χ2n) is 6.26. The van der Waals surface area contributed by atoms with Crippen molar-refractivity contribution in [3.8, 4) is 5.75 Å². The smallest absolute Gasteiger partial charge is 0.264 e. The molecule has 6 nitrogen and oxygen atoms in total. The van der Waals surface area contributed by atoms with Gasteiger partial charge in [0.2, 0.25) is 5.91 Å². The van der Waals surface area contributed by atoms with E-state index in [2.05, 4.69) is 10.0 Å². The molecule has 0 radical (unpaired) electrons. The van der Waals surface area contributed by atoms with Crippen LogP contribution in [0.15, 0.2) is 71.6 Å². The number of methoxy groups -OCH3 is 1. The Balaban J connectivity index is 1.85. The van der Waals surface area contributed by atoms with Gasteiger partial charge in [0, 0.05) is 10.6 Å². The van der Waals surface area contributed by atoms with Crippen molar-refractivity contribution in [2.24, 2.45) is 0 Å². The van der Waals surface area contributed by atoms with Crippen LogP contribution in [0.25, 0.3) is 0 Å². The highest BCUT2D eigenvalue weighted by atomic mass is 35.5. The number of hydrogen-bond donors (Lipinski definition) is 2. The Morgan fingerprint density at radius 1 is 1.03 bits per heavy atom. The van der Waals surface area contributed by atoms with E-state index in [-0.39, 0.29) is 22.8 Å². The number of carbonyl (C=O) groups excluding carboxylic acids is 1. The molecule has 1 amide bonds. The van der Waals surface area contributed by atoms with Crippen LogP contribution in [0.5, 0.6) is 5.75 Å². The van der Waals surface area contributed by atoms with Crippen molar-refractivity contribution in [3.63, 3.8) is 0 Å². The number of sulfonamides is 1. The molecule has 0 spiro atoms. The summed E-state index contributed by atoms with van der Waals surface area (Å²) >= 11 is 6.01. The van der Waals surface area contributed by atoms with E-state index in [0.717, 1.165) is 12.1 Å². The van der Waals surface area contributed by atoms with E-state index in [1.807, 2.05) is 0 Å². The van der Waals surface area contributed by atoms with Crippen LogP contribution < -0.4 is 14.8 Å². The van der Waals surface area contributed by atoms with Gasteiger partial charge in [-0.2, -0.15) is 0 Å². The van der Waals surface area contributed by atoms with Crippen molar-refractivity contribution in [1.29, 1.82) is 0 Å². The lowest BCUT2D eigenvalue weighted by molar-refractivity contribution is -0.115. The topological polar surface area (TPSA) is 84.5 Å². The lowest BCUT2D eigenvalue weighted by Gasteiger charge is -2.15. The van der Waals surface area contributed by atoms with E-state index in [1.54, 1.807) is 24.3 Å². The fraction of sp³-hybridized carbons (Fsp3) is 0.0952. The third kappa shape index (κ3) is 5.08. The Kier molecular flexibility index (Phi) is 6.59. The molecule has 30 heavy (non-hydrogen) atoms. The summed E-state index contributed by atoms with van der Waals surface area (Å²) in [5, 5.41) is 2.93. The number of para-hydroxylation sites is 1. The summed E-state index contributed by atoms with van der Waals surface area (Å²) in [4.78, 5) is 12.0. The van der Waals surface area contributed by atoms with Crippen molar-refractivity contribution < 1.29 is 22.3 Å². The van der Waals surface area contributed by atoms with Crippen LogP contribution in [0.1, 0.15) is 5.56 Å². The summed E-state index contributed by atoms with van der Waals surface area (Å²) in [6.07, 6.45) is -0.00394. The standard InChI is InChI=1S/C21H18ClFN2O4S/c1-29-19-8-4-2-6-14(19)12-21(26)24-18-13-15(22)10-11-17(18)25-30(27,28)20-9-5-3-7-16(20)23/h2-11,13,25H,12H2,1H3,(H,24,26). The van der Waals surface area contributed by atoms with Crippen molar-refractivity contribution in [3.05, 3.63) is 83.1 Å². The summed E-state index contributed by atoms with van der Waals surface area (Å²) in [5.41, 5.74) is 0.853. The third-order valence-electron chi connectivity index (χ3n) is 4.17. The van der Waals surface area contributed by atoms with Crippen LogP contribution in [0, 0.1) is 5.82 Å². The van der Waals surface area contributed by atoms with Crippen LogP contribution in [0.4, 0.5) is 15.8 Å². The lowest BCUT2D eigenvalue weighted by atomic mass is 10.1. The van der Waals surface area contributed by atoms with Crippen molar-refractivity contribution in [2.45, 2.75) is 11.3 Å². The number of rotatable bonds is 7. The zero-order valence-corrected chi connectivity index (χ0v) is 17.4. The fourth-order valence-electron chi connectivity index (χ4n) is 2.79. The predicted octanol–water partition coefficient (Wildman–Crippen LogP) is 4.47. The zero-order valence-electron chi connectivity index (χ0n) is 15.9. The molecule has 0 fully saturated rings. The molecular weight excluding hydrogens is 431 g/mol. The monoisotopic (exact) mass is 448 g/mol. The van der Waals surface area contributed by atoms with E-state index in [0.29, 0.717) is 11.3 Å². The highest BCUT2D eigenvalue weighted by Gasteiger charge is 2.21. The molecule has 0 aliphatic carbocycles. The van der Waals surface area contributed by atoms with E-state index in [9.17, 15) is 17.6 Å². The molecule has 0 heterocycles. The number of nitrogens with one attached hydrogen (secondary N) is 2. The van der Waals surface area contributed by atoms with E-state index >= 15 is 0 Å². The molecule has 0 saturated heterocycles. The first kappa shape index (κ1) is 21.6. The van der Waals surface area contributed by atoms with Gasteiger partial charge in [-0.1, -0.05) is 41.9 Å². The quantitative estimate of drug-likeness (QED) is 0.558. The molecule has 0 aliphatic rings. The number of anilines is 2. The molecule has 0 bridgehead atoms. The van der Waals surface area contributed by atoms with Gasteiger partial charge < -0.3 is 10.1 Å². The van der Waals surface area contributed by atoms with Crippen LogP contribution in [0.2, 0.25) is 5.02 Å². The number of halogens is 2. The zero-order chi connectivity index (χ0) is 21.7. The van der Waals surface area contributed by atoms with Crippen LogP contribution in [-0.4, -0.2) is 21.4 Å². The molecule has 2 N–H and O–H groups in total.